The van der Waals surface area contributed by atoms with Gasteiger partial charge in [0, 0.05) is 31.4 Å². The predicted octanol–water partition coefficient (Wildman–Crippen LogP) is 2.27. The Hall–Kier alpha value is -1.51. The number of nitrogens with zero attached hydrogens (tertiary/aromatic N) is 1. The third kappa shape index (κ3) is 2.03. The summed E-state index contributed by atoms with van der Waals surface area (Å²) in [6, 6.07) is 6.33. The fourth-order valence-electron chi connectivity index (χ4n) is 1.88. The molecule has 1 amide bonds. The van der Waals surface area contributed by atoms with Crippen LogP contribution in [0.5, 0.6) is 0 Å². The summed E-state index contributed by atoms with van der Waals surface area (Å²) in [6.07, 6.45) is 2.30. The van der Waals surface area contributed by atoms with Crippen molar-refractivity contribution in [2.45, 2.75) is 25.8 Å². The molecule has 0 heterocycles. The van der Waals surface area contributed by atoms with Crippen molar-refractivity contribution in [3.05, 3.63) is 29.3 Å². The van der Waals surface area contributed by atoms with Crippen LogP contribution in [-0.2, 0) is 0 Å². The molecule has 0 unspecified atom stereocenters. The molecule has 0 saturated heterocycles. The summed E-state index contributed by atoms with van der Waals surface area (Å²) in [5.41, 5.74) is 2.89. The SMILES string of the molecule is CNc1ccc(C(=O)N(C)C2CC2)c(C)c1. The van der Waals surface area contributed by atoms with Gasteiger partial charge in [-0.05, 0) is 43.5 Å². The van der Waals surface area contributed by atoms with Gasteiger partial charge in [0.25, 0.3) is 5.91 Å². The molecule has 86 valence electrons. The fraction of sp³-hybridized carbons (Fsp3) is 0.462. The molecule has 1 saturated carbocycles. The van der Waals surface area contributed by atoms with Crippen LogP contribution in [0, 0.1) is 6.92 Å². The Labute approximate surface area is 96.5 Å². The first-order chi connectivity index (χ1) is 7.63. The van der Waals surface area contributed by atoms with E-state index in [1.807, 2.05) is 44.1 Å². The first kappa shape index (κ1) is 11.0. The van der Waals surface area contributed by atoms with Gasteiger partial charge >= 0.3 is 0 Å². The zero-order valence-electron chi connectivity index (χ0n) is 10.1. The van der Waals surface area contributed by atoms with Crippen molar-refractivity contribution in [1.82, 2.24) is 4.90 Å². The van der Waals surface area contributed by atoms with Gasteiger partial charge in [0.1, 0.15) is 0 Å². The van der Waals surface area contributed by atoms with Crippen LogP contribution >= 0.6 is 0 Å². The maximum atomic E-state index is 12.2. The first-order valence-electron chi connectivity index (χ1n) is 5.69. The second-order valence-electron chi connectivity index (χ2n) is 4.43. The zero-order chi connectivity index (χ0) is 11.7. The van der Waals surface area contributed by atoms with Gasteiger partial charge < -0.3 is 10.2 Å². The quantitative estimate of drug-likeness (QED) is 0.844. The summed E-state index contributed by atoms with van der Waals surface area (Å²) in [7, 11) is 3.78. The Morgan fingerprint density at radius 2 is 2.12 bits per heavy atom. The summed E-state index contributed by atoms with van der Waals surface area (Å²) in [5, 5.41) is 3.07. The first-order valence-corrected chi connectivity index (χ1v) is 5.69. The van der Waals surface area contributed by atoms with Gasteiger partial charge in [-0.1, -0.05) is 0 Å². The minimum atomic E-state index is 0.141. The van der Waals surface area contributed by atoms with Crippen LogP contribution in [0.3, 0.4) is 0 Å². The largest absolute Gasteiger partial charge is 0.388 e. The number of amides is 1. The molecular formula is C13H18N2O. The summed E-state index contributed by atoms with van der Waals surface area (Å²) >= 11 is 0. The molecule has 1 fully saturated rings. The molecule has 3 heteroatoms. The molecule has 1 aliphatic rings. The van der Waals surface area contributed by atoms with Crippen LogP contribution in [0.15, 0.2) is 18.2 Å². The number of anilines is 1. The number of aryl methyl sites for hydroxylation is 1. The topological polar surface area (TPSA) is 32.3 Å². The number of rotatable bonds is 3. The summed E-state index contributed by atoms with van der Waals surface area (Å²) < 4.78 is 0. The van der Waals surface area contributed by atoms with Crippen molar-refractivity contribution in [2.24, 2.45) is 0 Å². The van der Waals surface area contributed by atoms with Gasteiger partial charge in [0.15, 0.2) is 0 Å². The molecule has 0 aliphatic heterocycles. The lowest BCUT2D eigenvalue weighted by Crippen LogP contribution is -2.29. The lowest BCUT2D eigenvalue weighted by molar-refractivity contribution is 0.0784. The summed E-state index contributed by atoms with van der Waals surface area (Å²) in [6.45, 7) is 1.98. The molecule has 1 N–H and O–H groups in total. The van der Waals surface area contributed by atoms with E-state index in [1.165, 1.54) is 0 Å². The number of carbonyl (C=O) groups is 1. The van der Waals surface area contributed by atoms with Crippen LogP contribution in [0.4, 0.5) is 5.69 Å². The van der Waals surface area contributed by atoms with Gasteiger partial charge in [-0.25, -0.2) is 0 Å². The molecule has 0 radical (unpaired) electrons. The number of hydrogen-bond donors (Lipinski definition) is 1. The molecule has 0 aromatic heterocycles. The van der Waals surface area contributed by atoms with Gasteiger partial charge in [0.05, 0.1) is 0 Å². The Balaban J connectivity index is 2.22. The lowest BCUT2D eigenvalue weighted by Gasteiger charge is -2.18. The molecule has 2 rings (SSSR count). The van der Waals surface area contributed by atoms with Crippen LogP contribution in [0.25, 0.3) is 0 Å². The highest BCUT2D eigenvalue weighted by Gasteiger charge is 2.30. The van der Waals surface area contributed by atoms with Crippen LogP contribution < -0.4 is 5.32 Å². The van der Waals surface area contributed by atoms with Gasteiger partial charge in [0.2, 0.25) is 0 Å². The Morgan fingerprint density at radius 3 is 2.62 bits per heavy atom. The number of carbonyl (C=O) groups excluding carboxylic acids is 1. The second-order valence-corrected chi connectivity index (χ2v) is 4.43. The molecule has 1 aromatic carbocycles. The maximum Gasteiger partial charge on any atom is 0.254 e. The molecular weight excluding hydrogens is 200 g/mol. The minimum Gasteiger partial charge on any atom is -0.388 e. The molecule has 1 aliphatic carbocycles. The van der Waals surface area contributed by atoms with Crippen LogP contribution in [0.1, 0.15) is 28.8 Å². The molecule has 16 heavy (non-hydrogen) atoms. The van der Waals surface area contributed by atoms with Crippen molar-refractivity contribution < 1.29 is 4.79 Å². The van der Waals surface area contributed by atoms with E-state index < -0.39 is 0 Å². The van der Waals surface area contributed by atoms with E-state index in [9.17, 15) is 4.79 Å². The molecule has 0 atom stereocenters. The van der Waals surface area contributed by atoms with E-state index in [4.69, 9.17) is 0 Å². The Bertz CT molecular complexity index is 410. The summed E-state index contributed by atoms with van der Waals surface area (Å²) in [5.74, 6) is 0.141. The number of nitrogens with one attached hydrogen (secondary N) is 1. The van der Waals surface area contributed by atoms with E-state index in [2.05, 4.69) is 5.32 Å². The van der Waals surface area contributed by atoms with Gasteiger partial charge in [-0.2, -0.15) is 0 Å². The minimum absolute atomic E-state index is 0.141. The molecule has 0 spiro atoms. The highest BCUT2D eigenvalue weighted by molar-refractivity contribution is 5.96. The molecule has 0 bridgehead atoms. The maximum absolute atomic E-state index is 12.2. The molecule has 1 aromatic rings. The van der Waals surface area contributed by atoms with Crippen LogP contribution in [-0.4, -0.2) is 30.9 Å². The van der Waals surface area contributed by atoms with E-state index in [0.29, 0.717) is 6.04 Å². The van der Waals surface area contributed by atoms with Crippen molar-refractivity contribution >= 4 is 11.6 Å². The van der Waals surface area contributed by atoms with Gasteiger partial charge in [-0.15, -0.1) is 0 Å². The van der Waals surface area contributed by atoms with Crippen molar-refractivity contribution in [3.8, 4) is 0 Å². The number of benzene rings is 1. The van der Waals surface area contributed by atoms with Crippen molar-refractivity contribution in [1.29, 1.82) is 0 Å². The second kappa shape index (κ2) is 4.16. The Morgan fingerprint density at radius 1 is 1.44 bits per heavy atom. The van der Waals surface area contributed by atoms with E-state index in [-0.39, 0.29) is 5.91 Å². The normalized spacial score (nSPS) is 14.7. The lowest BCUT2D eigenvalue weighted by atomic mass is 10.1. The zero-order valence-corrected chi connectivity index (χ0v) is 10.1. The van der Waals surface area contributed by atoms with Crippen molar-refractivity contribution in [2.75, 3.05) is 19.4 Å². The summed E-state index contributed by atoms with van der Waals surface area (Å²) in [4.78, 5) is 14.0. The standard InChI is InChI=1S/C13H18N2O/c1-9-8-10(14-2)4-7-12(9)13(16)15(3)11-5-6-11/h4,7-8,11,14H,5-6H2,1-3H3. The average Bonchev–Trinajstić information content (AvgIpc) is 3.10. The predicted molar refractivity (Wildman–Crippen MR) is 65.8 cm³/mol. The third-order valence-electron chi connectivity index (χ3n) is 3.16. The average molecular weight is 218 g/mol. The van der Waals surface area contributed by atoms with Crippen LogP contribution in [0.2, 0.25) is 0 Å². The number of hydrogen-bond acceptors (Lipinski definition) is 2. The van der Waals surface area contributed by atoms with E-state index in [1.54, 1.807) is 0 Å². The highest BCUT2D eigenvalue weighted by Crippen LogP contribution is 2.27. The monoisotopic (exact) mass is 218 g/mol. The highest BCUT2D eigenvalue weighted by atomic mass is 16.2. The Kier molecular flexibility index (Phi) is 2.86. The third-order valence-corrected chi connectivity index (χ3v) is 3.16. The van der Waals surface area contributed by atoms with E-state index >= 15 is 0 Å². The fourth-order valence-corrected chi connectivity index (χ4v) is 1.88. The van der Waals surface area contributed by atoms with Gasteiger partial charge in [-0.3, -0.25) is 4.79 Å². The van der Waals surface area contributed by atoms with Crippen molar-refractivity contribution in [3.63, 3.8) is 0 Å². The molecule has 3 nitrogen and oxygen atoms in total. The van der Waals surface area contributed by atoms with E-state index in [0.717, 1.165) is 29.7 Å². The smallest absolute Gasteiger partial charge is 0.254 e.